The largest absolute Gasteiger partial charge is 0.437 e. The minimum atomic E-state index is -0.458. The Morgan fingerprint density at radius 2 is 1.90 bits per heavy atom. The van der Waals surface area contributed by atoms with Crippen molar-refractivity contribution in [3.8, 4) is 0 Å². The summed E-state index contributed by atoms with van der Waals surface area (Å²) in [5.41, 5.74) is 5.69. The first-order valence-electron chi connectivity index (χ1n) is 11.5. The van der Waals surface area contributed by atoms with Gasteiger partial charge in [0.15, 0.2) is 0 Å². The normalized spacial score (nSPS) is 17.7. The van der Waals surface area contributed by atoms with Crippen LogP contribution in [0.2, 0.25) is 6.82 Å². The molecule has 0 radical (unpaired) electrons. The number of piperidine rings is 1. The van der Waals surface area contributed by atoms with Crippen molar-refractivity contribution in [1.29, 1.82) is 0 Å². The minimum absolute atomic E-state index is 0.137. The van der Waals surface area contributed by atoms with Gasteiger partial charge in [-0.1, -0.05) is 30.3 Å². The maximum atomic E-state index is 13.2. The third kappa shape index (κ3) is 4.15. The van der Waals surface area contributed by atoms with Crippen molar-refractivity contribution in [1.82, 2.24) is 14.7 Å². The summed E-state index contributed by atoms with van der Waals surface area (Å²) in [5.74, 6) is 0.787. The molecule has 6 heteroatoms. The lowest BCUT2D eigenvalue weighted by atomic mass is 9.82. The van der Waals surface area contributed by atoms with Crippen molar-refractivity contribution in [2.24, 2.45) is 5.92 Å². The summed E-state index contributed by atoms with van der Waals surface area (Å²) < 4.78 is 0. The van der Waals surface area contributed by atoms with Gasteiger partial charge in [-0.2, -0.15) is 0 Å². The van der Waals surface area contributed by atoms with Gasteiger partial charge in [0.25, 0.3) is 5.91 Å². The quantitative estimate of drug-likeness (QED) is 0.639. The molecule has 160 valence electrons. The van der Waals surface area contributed by atoms with E-state index in [0.717, 1.165) is 68.3 Å². The molecule has 0 saturated carbocycles. The van der Waals surface area contributed by atoms with Crippen LogP contribution in [0.1, 0.15) is 40.0 Å². The minimum Gasteiger partial charge on any atom is -0.437 e. The highest BCUT2D eigenvalue weighted by Gasteiger charge is 2.27. The number of likely N-dealkylation sites (tertiary alicyclic amines) is 1. The fraction of sp³-hybridized carbons (Fsp3) is 0.400. The molecule has 0 atom stereocenters. The number of aromatic nitrogens is 1. The molecule has 0 unspecified atom stereocenters. The van der Waals surface area contributed by atoms with E-state index in [-0.39, 0.29) is 5.91 Å². The van der Waals surface area contributed by atoms with E-state index >= 15 is 0 Å². The van der Waals surface area contributed by atoms with Gasteiger partial charge in [0.1, 0.15) is 0 Å². The van der Waals surface area contributed by atoms with Crippen LogP contribution in [0, 0.1) is 5.92 Å². The molecule has 0 spiro atoms. The lowest BCUT2D eigenvalue weighted by molar-refractivity contribution is 0.0690. The average molecular weight is 415 g/mol. The van der Waals surface area contributed by atoms with Crippen LogP contribution in [0.15, 0.2) is 48.5 Å². The highest BCUT2D eigenvalue weighted by molar-refractivity contribution is 6.45. The molecule has 1 aromatic heterocycles. The number of benzene rings is 2. The van der Waals surface area contributed by atoms with Crippen molar-refractivity contribution in [2.45, 2.75) is 39.1 Å². The smallest absolute Gasteiger partial charge is 0.376 e. The topological polar surface area (TPSA) is 59.6 Å². The van der Waals surface area contributed by atoms with E-state index in [1.807, 2.05) is 23.9 Å². The Labute approximate surface area is 184 Å². The molecule has 3 aromatic rings. The molecule has 2 aromatic carbocycles. The van der Waals surface area contributed by atoms with E-state index in [9.17, 15) is 9.82 Å². The fourth-order valence-corrected chi connectivity index (χ4v) is 5.16. The van der Waals surface area contributed by atoms with Gasteiger partial charge in [-0.15, -0.1) is 0 Å². The number of hydrogen-bond donors (Lipinski definition) is 2. The van der Waals surface area contributed by atoms with Gasteiger partial charge in [0, 0.05) is 41.8 Å². The Morgan fingerprint density at radius 3 is 2.65 bits per heavy atom. The van der Waals surface area contributed by atoms with E-state index < -0.39 is 7.05 Å². The monoisotopic (exact) mass is 415 g/mol. The fourth-order valence-electron chi connectivity index (χ4n) is 5.16. The zero-order valence-electron chi connectivity index (χ0n) is 18.2. The molecule has 2 N–H and O–H groups in total. The zero-order chi connectivity index (χ0) is 21.4. The first-order chi connectivity index (χ1) is 15.1. The Balaban J connectivity index is 1.29. The van der Waals surface area contributed by atoms with Crippen LogP contribution in [0.4, 0.5) is 0 Å². The number of hydrogen-bond acceptors (Lipinski definition) is 3. The summed E-state index contributed by atoms with van der Waals surface area (Å²) >= 11 is 0. The Kier molecular flexibility index (Phi) is 5.59. The zero-order valence-corrected chi connectivity index (χ0v) is 18.2. The number of H-pyrrole nitrogens is 1. The molecule has 2 aliphatic rings. The average Bonchev–Trinajstić information content (AvgIpc) is 3.17. The first-order valence-corrected chi connectivity index (χ1v) is 11.5. The number of aromatic amines is 1. The van der Waals surface area contributed by atoms with Gasteiger partial charge in [-0.05, 0) is 74.3 Å². The van der Waals surface area contributed by atoms with Crippen LogP contribution < -0.4 is 0 Å². The second-order valence-corrected chi connectivity index (χ2v) is 9.12. The molecule has 2 aliphatic heterocycles. The standard InChI is InChI=1S/C25H30BN3O2/c1-26(31)29-14-11-24-22(17-29)21-16-20(7-8-23(21)27-24)25(30)28-12-9-19(10-13-28)15-18-5-3-2-4-6-18/h2-8,16,19,27,31H,9-15,17H2,1H3. The van der Waals surface area contributed by atoms with E-state index in [4.69, 9.17) is 0 Å². The second-order valence-electron chi connectivity index (χ2n) is 9.12. The predicted octanol–water partition coefficient (Wildman–Crippen LogP) is 3.73. The van der Waals surface area contributed by atoms with Gasteiger partial charge < -0.3 is 19.7 Å². The summed E-state index contributed by atoms with van der Waals surface area (Å²) in [5, 5.41) is 11.1. The number of amides is 1. The van der Waals surface area contributed by atoms with Gasteiger partial charge in [-0.25, -0.2) is 0 Å². The maximum absolute atomic E-state index is 13.2. The Morgan fingerprint density at radius 1 is 1.13 bits per heavy atom. The van der Waals surface area contributed by atoms with Gasteiger partial charge in [-0.3, -0.25) is 4.79 Å². The molecule has 1 amide bonds. The van der Waals surface area contributed by atoms with Crippen LogP contribution in [0.25, 0.3) is 10.9 Å². The van der Waals surface area contributed by atoms with Crippen molar-refractivity contribution in [3.05, 3.63) is 70.9 Å². The third-order valence-corrected chi connectivity index (χ3v) is 7.05. The van der Waals surface area contributed by atoms with Crippen LogP contribution in [0.3, 0.4) is 0 Å². The summed E-state index contributed by atoms with van der Waals surface area (Å²) in [6, 6.07) is 16.7. The van der Waals surface area contributed by atoms with Crippen molar-refractivity contribution < 1.29 is 9.82 Å². The third-order valence-electron chi connectivity index (χ3n) is 7.05. The molecule has 0 aliphatic carbocycles. The maximum Gasteiger partial charge on any atom is 0.376 e. The summed E-state index contributed by atoms with van der Waals surface area (Å²) in [6.45, 7) is 5.04. The highest BCUT2D eigenvalue weighted by Crippen LogP contribution is 2.30. The first kappa shape index (κ1) is 20.3. The molecule has 0 bridgehead atoms. The number of carbonyl (C=O) groups excluding carboxylic acids is 1. The summed E-state index contributed by atoms with van der Waals surface area (Å²) in [7, 11) is -0.458. The molecule has 1 fully saturated rings. The second kappa shape index (κ2) is 8.52. The lowest BCUT2D eigenvalue weighted by Gasteiger charge is -2.32. The van der Waals surface area contributed by atoms with Crippen molar-refractivity contribution >= 4 is 23.9 Å². The predicted molar refractivity (Wildman–Crippen MR) is 125 cm³/mol. The summed E-state index contributed by atoms with van der Waals surface area (Å²) in [6.07, 6.45) is 4.12. The number of fused-ring (bicyclic) bond motifs is 3. The summed E-state index contributed by atoms with van der Waals surface area (Å²) in [4.78, 5) is 20.8. The molecular weight excluding hydrogens is 385 g/mol. The molecule has 5 nitrogen and oxygen atoms in total. The molecular formula is C25H30BN3O2. The van der Waals surface area contributed by atoms with E-state index in [1.165, 1.54) is 16.8 Å². The Bertz CT molecular complexity index is 1070. The lowest BCUT2D eigenvalue weighted by Crippen LogP contribution is -2.40. The van der Waals surface area contributed by atoms with Crippen molar-refractivity contribution in [2.75, 3.05) is 19.6 Å². The molecule has 31 heavy (non-hydrogen) atoms. The van der Waals surface area contributed by atoms with E-state index in [2.05, 4.69) is 46.2 Å². The van der Waals surface area contributed by atoms with Crippen LogP contribution >= 0.6 is 0 Å². The van der Waals surface area contributed by atoms with Crippen molar-refractivity contribution in [3.63, 3.8) is 0 Å². The van der Waals surface area contributed by atoms with Crippen LogP contribution in [-0.4, -0.2) is 52.3 Å². The van der Waals surface area contributed by atoms with E-state index in [0.29, 0.717) is 5.92 Å². The van der Waals surface area contributed by atoms with Gasteiger partial charge in [0.05, 0.1) is 0 Å². The van der Waals surface area contributed by atoms with Crippen LogP contribution in [-0.2, 0) is 19.4 Å². The number of rotatable bonds is 4. The van der Waals surface area contributed by atoms with Gasteiger partial charge in [0.2, 0.25) is 0 Å². The number of nitrogens with zero attached hydrogens (tertiary/aromatic N) is 2. The highest BCUT2D eigenvalue weighted by atomic mass is 16.2. The van der Waals surface area contributed by atoms with Crippen LogP contribution in [0.5, 0.6) is 0 Å². The molecule has 5 rings (SSSR count). The Hall–Kier alpha value is -2.57. The van der Waals surface area contributed by atoms with Gasteiger partial charge >= 0.3 is 7.05 Å². The molecule has 3 heterocycles. The number of carbonyl (C=O) groups is 1. The number of nitrogens with one attached hydrogen (secondary N) is 1. The van der Waals surface area contributed by atoms with E-state index in [1.54, 1.807) is 0 Å². The molecule has 1 saturated heterocycles. The SMILES string of the molecule is CB(O)N1CCc2[nH]c3ccc(C(=O)N4CCC(Cc5ccccc5)CC4)cc3c2C1.